The second kappa shape index (κ2) is 9.37. The molecule has 0 aromatic rings. The maximum atomic E-state index is 9.82. The molecular weight excluding hydrogens is 148 g/mol. The summed E-state index contributed by atoms with van der Waals surface area (Å²) in [5, 5.41) is 0. The first kappa shape index (κ1) is 10.4. The fraction of sp³-hybridized carbons (Fsp3) is 0. The summed E-state index contributed by atoms with van der Waals surface area (Å²) in [5.74, 6) is 0. The Bertz CT molecular complexity index is 203. The van der Waals surface area contributed by atoms with Crippen LogP contribution in [-0.4, -0.2) is 6.29 Å². The lowest BCUT2D eigenvalue weighted by molar-refractivity contribution is -0.104. The number of aldehydes is 1. The molecular formula is C11H12O. The van der Waals surface area contributed by atoms with Crippen LogP contribution in [0.5, 0.6) is 0 Å². The molecule has 12 heavy (non-hydrogen) atoms. The molecule has 0 heterocycles. The van der Waals surface area contributed by atoms with Crippen LogP contribution in [-0.2, 0) is 4.79 Å². The molecule has 1 heteroatoms. The Hall–Kier alpha value is -1.63. The molecule has 1 nitrogen and oxygen atoms in total. The topological polar surface area (TPSA) is 17.1 Å². The third kappa shape index (κ3) is 8.37. The fourth-order valence-corrected chi connectivity index (χ4v) is 0.509. The zero-order valence-corrected chi connectivity index (χ0v) is 6.89. The molecule has 0 saturated heterocycles. The van der Waals surface area contributed by atoms with E-state index in [2.05, 4.69) is 6.58 Å². The van der Waals surface area contributed by atoms with Crippen LogP contribution in [0.4, 0.5) is 0 Å². The van der Waals surface area contributed by atoms with E-state index in [1.807, 2.05) is 30.4 Å². The van der Waals surface area contributed by atoms with Gasteiger partial charge in [0.05, 0.1) is 0 Å². The summed E-state index contributed by atoms with van der Waals surface area (Å²) < 4.78 is 0. The van der Waals surface area contributed by atoms with Gasteiger partial charge in [-0.2, -0.15) is 0 Å². The van der Waals surface area contributed by atoms with E-state index < -0.39 is 0 Å². The molecule has 0 fully saturated rings. The van der Waals surface area contributed by atoms with Gasteiger partial charge in [-0.05, 0) is 6.08 Å². The number of allylic oxidation sites excluding steroid dienone is 9. The van der Waals surface area contributed by atoms with E-state index in [1.54, 1.807) is 18.2 Å². The van der Waals surface area contributed by atoms with Gasteiger partial charge in [0.15, 0.2) is 0 Å². The largest absolute Gasteiger partial charge is 0.299 e. The fourth-order valence-electron chi connectivity index (χ4n) is 0.509. The molecule has 0 unspecified atom stereocenters. The third-order valence-corrected chi connectivity index (χ3v) is 0.992. The van der Waals surface area contributed by atoms with Crippen molar-refractivity contribution in [1.82, 2.24) is 0 Å². The van der Waals surface area contributed by atoms with Gasteiger partial charge in [0.1, 0.15) is 6.29 Å². The average Bonchev–Trinajstić information content (AvgIpc) is 2.10. The molecule has 0 spiro atoms. The van der Waals surface area contributed by atoms with Gasteiger partial charge in [0, 0.05) is 0 Å². The van der Waals surface area contributed by atoms with Crippen LogP contribution in [0.3, 0.4) is 0 Å². The minimum Gasteiger partial charge on any atom is -0.299 e. The Kier molecular flexibility index (Phi) is 8.10. The van der Waals surface area contributed by atoms with E-state index in [-0.39, 0.29) is 0 Å². The predicted molar refractivity (Wildman–Crippen MR) is 52.8 cm³/mol. The van der Waals surface area contributed by atoms with Gasteiger partial charge in [-0.1, -0.05) is 55.2 Å². The molecule has 0 aliphatic heterocycles. The molecule has 0 atom stereocenters. The second-order valence-electron chi connectivity index (χ2n) is 1.91. The summed E-state index contributed by atoms with van der Waals surface area (Å²) in [6.07, 6.45) is 16.7. The monoisotopic (exact) mass is 160 g/mol. The van der Waals surface area contributed by atoms with Gasteiger partial charge in [-0.3, -0.25) is 4.79 Å². The maximum Gasteiger partial charge on any atom is 0.142 e. The van der Waals surface area contributed by atoms with Crippen molar-refractivity contribution in [2.24, 2.45) is 0 Å². The first-order valence-electron chi connectivity index (χ1n) is 3.64. The quantitative estimate of drug-likeness (QED) is 0.343. The predicted octanol–water partition coefficient (Wildman–Crippen LogP) is 2.60. The van der Waals surface area contributed by atoms with Crippen molar-refractivity contribution in [3.05, 3.63) is 61.3 Å². The van der Waals surface area contributed by atoms with Crippen LogP contribution in [0.2, 0.25) is 0 Å². The molecule has 0 bridgehead atoms. The Morgan fingerprint density at radius 3 is 1.50 bits per heavy atom. The zero-order chi connectivity index (χ0) is 9.07. The van der Waals surface area contributed by atoms with Gasteiger partial charge in [0.25, 0.3) is 0 Å². The second-order valence-corrected chi connectivity index (χ2v) is 1.91. The SMILES string of the molecule is C=C/C=C/C=C\C=C\C=C\C=O. The Balaban J connectivity index is 3.65. The standard InChI is InChI=1S/C11H12O/c1-2-3-4-5-6-7-8-9-10-11-12/h2-11H,1H2/b4-3+,6-5-,8-7+,10-9+. The minimum atomic E-state index is 0.742. The Labute approximate surface area is 73.1 Å². The molecule has 0 radical (unpaired) electrons. The summed E-state index contributed by atoms with van der Waals surface area (Å²) in [4.78, 5) is 9.82. The molecule has 0 amide bonds. The Morgan fingerprint density at radius 1 is 0.667 bits per heavy atom. The van der Waals surface area contributed by atoms with Crippen molar-refractivity contribution in [1.29, 1.82) is 0 Å². The van der Waals surface area contributed by atoms with Crippen molar-refractivity contribution in [3.8, 4) is 0 Å². The summed E-state index contributed by atoms with van der Waals surface area (Å²) >= 11 is 0. The van der Waals surface area contributed by atoms with Crippen LogP contribution in [0, 0.1) is 0 Å². The van der Waals surface area contributed by atoms with Gasteiger partial charge >= 0.3 is 0 Å². The van der Waals surface area contributed by atoms with Crippen LogP contribution < -0.4 is 0 Å². The lowest BCUT2D eigenvalue weighted by atomic mass is 10.4. The lowest BCUT2D eigenvalue weighted by Gasteiger charge is -1.71. The minimum absolute atomic E-state index is 0.742. The maximum absolute atomic E-state index is 9.82. The first-order chi connectivity index (χ1) is 5.91. The van der Waals surface area contributed by atoms with E-state index in [9.17, 15) is 4.79 Å². The van der Waals surface area contributed by atoms with Crippen molar-refractivity contribution in [2.75, 3.05) is 0 Å². The molecule has 0 aliphatic carbocycles. The summed E-state index contributed by atoms with van der Waals surface area (Å²) in [6.45, 7) is 3.53. The average molecular weight is 160 g/mol. The number of rotatable bonds is 5. The molecule has 0 saturated carbocycles. The van der Waals surface area contributed by atoms with Crippen molar-refractivity contribution >= 4 is 6.29 Å². The normalized spacial score (nSPS) is 12.3. The summed E-state index contributed by atoms with van der Waals surface area (Å²) in [5.41, 5.74) is 0. The summed E-state index contributed by atoms with van der Waals surface area (Å²) in [7, 11) is 0. The molecule has 62 valence electrons. The van der Waals surface area contributed by atoms with Crippen LogP contribution in [0.25, 0.3) is 0 Å². The van der Waals surface area contributed by atoms with Crippen LogP contribution in [0.1, 0.15) is 0 Å². The smallest absolute Gasteiger partial charge is 0.142 e. The van der Waals surface area contributed by atoms with Gasteiger partial charge in [0.2, 0.25) is 0 Å². The van der Waals surface area contributed by atoms with Gasteiger partial charge < -0.3 is 0 Å². The summed E-state index contributed by atoms with van der Waals surface area (Å²) in [6, 6.07) is 0. The molecule has 0 aromatic heterocycles. The lowest BCUT2D eigenvalue weighted by Crippen LogP contribution is -1.55. The highest BCUT2D eigenvalue weighted by Gasteiger charge is 1.61. The van der Waals surface area contributed by atoms with Crippen LogP contribution in [0.15, 0.2) is 61.3 Å². The molecule has 0 aliphatic rings. The highest BCUT2D eigenvalue weighted by Crippen LogP contribution is 1.81. The zero-order valence-electron chi connectivity index (χ0n) is 6.89. The van der Waals surface area contributed by atoms with Gasteiger partial charge in [-0.15, -0.1) is 0 Å². The molecule has 0 aromatic carbocycles. The number of hydrogen-bond donors (Lipinski definition) is 0. The van der Waals surface area contributed by atoms with Crippen molar-refractivity contribution in [2.45, 2.75) is 0 Å². The van der Waals surface area contributed by atoms with E-state index in [4.69, 9.17) is 0 Å². The third-order valence-electron chi connectivity index (χ3n) is 0.992. The van der Waals surface area contributed by atoms with Crippen molar-refractivity contribution in [3.63, 3.8) is 0 Å². The highest BCUT2D eigenvalue weighted by molar-refractivity contribution is 5.65. The highest BCUT2D eigenvalue weighted by atomic mass is 16.1. The molecule has 0 N–H and O–H groups in total. The van der Waals surface area contributed by atoms with E-state index in [0.29, 0.717) is 0 Å². The van der Waals surface area contributed by atoms with E-state index in [1.165, 1.54) is 6.08 Å². The first-order valence-corrected chi connectivity index (χ1v) is 3.64. The van der Waals surface area contributed by atoms with Crippen molar-refractivity contribution < 1.29 is 4.79 Å². The van der Waals surface area contributed by atoms with Crippen LogP contribution >= 0.6 is 0 Å². The number of hydrogen-bond acceptors (Lipinski definition) is 1. The molecule has 0 rings (SSSR count). The van der Waals surface area contributed by atoms with E-state index in [0.717, 1.165) is 6.29 Å². The number of carbonyl (C=O) groups is 1. The van der Waals surface area contributed by atoms with E-state index >= 15 is 0 Å². The van der Waals surface area contributed by atoms with Gasteiger partial charge in [-0.25, -0.2) is 0 Å². The number of carbonyl (C=O) groups excluding carboxylic acids is 1. The Morgan fingerprint density at radius 2 is 1.08 bits per heavy atom.